The lowest BCUT2D eigenvalue weighted by atomic mass is 10.0. The van der Waals surface area contributed by atoms with Crippen LogP contribution in [0.5, 0.6) is 5.75 Å². The number of amides is 1. The molecule has 0 unspecified atom stereocenters. The van der Waals surface area contributed by atoms with E-state index in [0.29, 0.717) is 23.0 Å². The molecule has 0 heterocycles. The van der Waals surface area contributed by atoms with Crippen LogP contribution in [0.15, 0.2) is 18.2 Å². The largest absolute Gasteiger partial charge is 0.495 e. The van der Waals surface area contributed by atoms with Crippen LogP contribution in [0.2, 0.25) is 5.02 Å². The molecule has 0 radical (unpaired) electrons. The lowest BCUT2D eigenvalue weighted by Crippen LogP contribution is -2.44. The number of carbonyl (C=O) groups is 2. The molecule has 7 heteroatoms. The van der Waals surface area contributed by atoms with Crippen LogP contribution in [0.4, 0.5) is 5.69 Å². The number of methoxy groups -OCH3 is 1. The van der Waals surface area contributed by atoms with Gasteiger partial charge in [0.15, 0.2) is 0 Å². The van der Waals surface area contributed by atoms with Crippen molar-refractivity contribution in [3.05, 3.63) is 23.2 Å². The molecule has 3 N–H and O–H groups in total. The van der Waals surface area contributed by atoms with E-state index in [2.05, 4.69) is 10.6 Å². The minimum absolute atomic E-state index is 0.145. The monoisotopic (exact) mass is 328 g/mol. The zero-order chi connectivity index (χ0) is 16.7. The van der Waals surface area contributed by atoms with Crippen molar-refractivity contribution in [1.82, 2.24) is 5.32 Å². The maximum atomic E-state index is 11.8. The summed E-state index contributed by atoms with van der Waals surface area (Å²) in [6, 6.07) is 4.25. The second kappa shape index (κ2) is 8.48. The second-order valence-corrected chi connectivity index (χ2v) is 5.59. The van der Waals surface area contributed by atoms with Crippen molar-refractivity contribution in [2.24, 2.45) is 5.92 Å². The maximum Gasteiger partial charge on any atom is 0.326 e. The number of ether oxygens (including phenoxy) is 1. The Morgan fingerprint density at radius 1 is 1.36 bits per heavy atom. The molecule has 6 nitrogen and oxygen atoms in total. The average molecular weight is 329 g/mol. The van der Waals surface area contributed by atoms with Crippen molar-refractivity contribution < 1.29 is 19.4 Å². The molecule has 1 rings (SSSR count). The van der Waals surface area contributed by atoms with Crippen LogP contribution in [0.25, 0.3) is 0 Å². The number of hydrogen-bond donors (Lipinski definition) is 3. The number of aliphatic carboxylic acids is 1. The Balaban J connectivity index is 2.52. The van der Waals surface area contributed by atoms with Gasteiger partial charge in [0.2, 0.25) is 5.91 Å². The first-order valence-electron chi connectivity index (χ1n) is 6.94. The fourth-order valence-corrected chi connectivity index (χ4v) is 2.06. The maximum absolute atomic E-state index is 11.8. The third-order valence-electron chi connectivity index (χ3n) is 3.08. The minimum Gasteiger partial charge on any atom is -0.495 e. The number of carboxylic acids is 1. The molecule has 1 atom stereocenters. The van der Waals surface area contributed by atoms with Crippen LogP contribution in [0.3, 0.4) is 0 Å². The molecule has 1 aromatic rings. The van der Waals surface area contributed by atoms with E-state index in [1.54, 1.807) is 39.2 Å². The summed E-state index contributed by atoms with van der Waals surface area (Å²) in [6.45, 7) is 3.83. The Morgan fingerprint density at radius 2 is 2.05 bits per heavy atom. The standard InChI is InChI=1S/C15H21ClN2O4/c1-9(2)14(15(20)21)18-13(19)6-7-17-11-8-10(16)4-5-12(11)22-3/h4-5,8-9,14,17H,6-7H2,1-3H3,(H,18,19)(H,20,21)/t14-/m1/s1. The first kappa shape index (κ1) is 18.1. The van der Waals surface area contributed by atoms with Crippen molar-refractivity contribution in [2.75, 3.05) is 19.0 Å². The van der Waals surface area contributed by atoms with E-state index < -0.39 is 12.0 Å². The van der Waals surface area contributed by atoms with Crippen molar-refractivity contribution >= 4 is 29.2 Å². The number of halogens is 1. The topological polar surface area (TPSA) is 87.7 Å². The molecule has 1 amide bonds. The smallest absolute Gasteiger partial charge is 0.326 e. The normalized spacial score (nSPS) is 11.9. The number of benzene rings is 1. The van der Waals surface area contributed by atoms with Gasteiger partial charge < -0.3 is 20.5 Å². The van der Waals surface area contributed by atoms with E-state index in [0.717, 1.165) is 0 Å². The summed E-state index contributed by atoms with van der Waals surface area (Å²) >= 11 is 5.91. The van der Waals surface area contributed by atoms with Crippen molar-refractivity contribution in [3.63, 3.8) is 0 Å². The summed E-state index contributed by atoms with van der Waals surface area (Å²) in [5, 5.41) is 15.1. The molecule has 0 saturated carbocycles. The lowest BCUT2D eigenvalue weighted by Gasteiger charge is -2.18. The van der Waals surface area contributed by atoms with Gasteiger partial charge in [0.1, 0.15) is 11.8 Å². The Kier molecular flexibility index (Phi) is 6.98. The highest BCUT2D eigenvalue weighted by atomic mass is 35.5. The Labute approximate surface area is 134 Å². The van der Waals surface area contributed by atoms with Gasteiger partial charge in [0, 0.05) is 18.0 Å². The Morgan fingerprint density at radius 3 is 2.59 bits per heavy atom. The van der Waals surface area contributed by atoms with Gasteiger partial charge in [-0.25, -0.2) is 4.79 Å². The summed E-state index contributed by atoms with van der Waals surface area (Å²) in [4.78, 5) is 22.8. The molecule has 0 spiro atoms. The highest BCUT2D eigenvalue weighted by Gasteiger charge is 2.22. The van der Waals surface area contributed by atoms with Gasteiger partial charge in [-0.3, -0.25) is 4.79 Å². The van der Waals surface area contributed by atoms with Gasteiger partial charge in [-0.15, -0.1) is 0 Å². The van der Waals surface area contributed by atoms with Gasteiger partial charge in [0.25, 0.3) is 0 Å². The summed E-state index contributed by atoms with van der Waals surface area (Å²) in [5.41, 5.74) is 0.682. The Bertz CT molecular complexity index is 534. The fourth-order valence-electron chi connectivity index (χ4n) is 1.89. The van der Waals surface area contributed by atoms with Gasteiger partial charge in [-0.2, -0.15) is 0 Å². The molecule has 0 fully saturated rings. The molecule has 0 bridgehead atoms. The first-order valence-corrected chi connectivity index (χ1v) is 7.32. The highest BCUT2D eigenvalue weighted by Crippen LogP contribution is 2.27. The predicted octanol–water partition coefficient (Wildman–Crippen LogP) is 2.38. The molecule has 0 saturated heterocycles. The summed E-state index contributed by atoms with van der Waals surface area (Å²) in [7, 11) is 1.54. The van der Waals surface area contributed by atoms with Gasteiger partial charge in [-0.1, -0.05) is 25.4 Å². The van der Waals surface area contributed by atoms with E-state index in [4.69, 9.17) is 21.4 Å². The lowest BCUT2D eigenvalue weighted by molar-refractivity contribution is -0.143. The number of rotatable bonds is 8. The number of hydrogen-bond acceptors (Lipinski definition) is 4. The molecular formula is C15H21ClN2O4. The molecule has 0 aliphatic heterocycles. The molecule has 0 aliphatic rings. The Hall–Kier alpha value is -1.95. The molecule has 1 aromatic carbocycles. The molecule has 122 valence electrons. The van der Waals surface area contributed by atoms with Gasteiger partial charge in [-0.05, 0) is 24.1 Å². The SMILES string of the molecule is COc1ccc(Cl)cc1NCCC(=O)N[C@@H](C(=O)O)C(C)C. The van der Waals surface area contributed by atoms with Crippen LogP contribution in [-0.4, -0.2) is 36.7 Å². The van der Waals surface area contributed by atoms with Crippen LogP contribution in [-0.2, 0) is 9.59 Å². The van der Waals surface area contributed by atoms with E-state index >= 15 is 0 Å². The minimum atomic E-state index is -1.03. The van der Waals surface area contributed by atoms with Crippen molar-refractivity contribution in [3.8, 4) is 5.75 Å². The van der Waals surface area contributed by atoms with Gasteiger partial charge >= 0.3 is 5.97 Å². The first-order chi connectivity index (χ1) is 10.3. The van der Waals surface area contributed by atoms with E-state index in [-0.39, 0.29) is 18.2 Å². The predicted molar refractivity (Wildman–Crippen MR) is 85.5 cm³/mol. The third kappa shape index (κ3) is 5.44. The summed E-state index contributed by atoms with van der Waals surface area (Å²) in [6.07, 6.45) is 0.145. The summed E-state index contributed by atoms with van der Waals surface area (Å²) in [5.74, 6) is -0.916. The van der Waals surface area contributed by atoms with Crippen molar-refractivity contribution in [1.29, 1.82) is 0 Å². The van der Waals surface area contributed by atoms with Crippen molar-refractivity contribution in [2.45, 2.75) is 26.3 Å². The number of nitrogens with one attached hydrogen (secondary N) is 2. The van der Waals surface area contributed by atoms with Crippen LogP contribution < -0.4 is 15.4 Å². The number of carbonyl (C=O) groups excluding carboxylic acids is 1. The fraction of sp³-hybridized carbons (Fsp3) is 0.467. The zero-order valence-corrected chi connectivity index (χ0v) is 13.6. The van der Waals surface area contributed by atoms with Crippen LogP contribution in [0.1, 0.15) is 20.3 Å². The van der Waals surface area contributed by atoms with E-state index in [1.807, 2.05) is 0 Å². The number of carboxylic acid groups (broad SMARTS) is 1. The number of anilines is 1. The van der Waals surface area contributed by atoms with Gasteiger partial charge in [0.05, 0.1) is 12.8 Å². The third-order valence-corrected chi connectivity index (χ3v) is 3.31. The average Bonchev–Trinajstić information content (AvgIpc) is 2.44. The molecule has 0 aromatic heterocycles. The molecule has 22 heavy (non-hydrogen) atoms. The van der Waals surface area contributed by atoms with Crippen LogP contribution >= 0.6 is 11.6 Å². The quantitative estimate of drug-likeness (QED) is 0.682. The van der Waals surface area contributed by atoms with E-state index in [9.17, 15) is 9.59 Å². The summed E-state index contributed by atoms with van der Waals surface area (Å²) < 4.78 is 5.19. The van der Waals surface area contributed by atoms with Crippen LogP contribution in [0, 0.1) is 5.92 Å². The second-order valence-electron chi connectivity index (χ2n) is 5.15. The molecular weight excluding hydrogens is 308 g/mol. The highest BCUT2D eigenvalue weighted by molar-refractivity contribution is 6.30. The zero-order valence-electron chi connectivity index (χ0n) is 12.9. The molecule has 0 aliphatic carbocycles. The van der Waals surface area contributed by atoms with E-state index in [1.165, 1.54) is 0 Å².